The highest BCUT2D eigenvalue weighted by atomic mass is 19.4. The third-order valence-electron chi connectivity index (χ3n) is 8.79. The van der Waals surface area contributed by atoms with E-state index in [1.807, 2.05) is 74.5 Å². The quantitative estimate of drug-likeness (QED) is 0.140. The zero-order valence-electron chi connectivity index (χ0n) is 29.1. The standard InChI is InChI=1S/C40H37F3N6O4/c1-25(2)23-48-33-18-15-29(40(41,42)43)21-32(33)46-36-37(48)47-39(53)49(38(36)52)24-26-13-16-30(17-14-26)45-35(51)20-19-34(50)44-22-31(27-9-5-3-6-10-27)28-11-7-4-8-12-28/h3-18,21,25,31H,19-20,22-24H2,1-2H3,(H,44,50)(H,45,51). The van der Waals surface area contributed by atoms with Crippen LogP contribution in [0.3, 0.4) is 0 Å². The fourth-order valence-corrected chi connectivity index (χ4v) is 6.17. The topological polar surface area (TPSA) is 128 Å². The molecule has 0 unspecified atom stereocenters. The second-order valence-corrected chi connectivity index (χ2v) is 13.2. The molecule has 2 amide bonds. The van der Waals surface area contributed by atoms with Gasteiger partial charge in [-0.05, 0) is 52.9 Å². The molecule has 0 spiro atoms. The molecule has 0 saturated carbocycles. The number of hydrogen-bond donors (Lipinski definition) is 2. The maximum atomic E-state index is 13.6. The lowest BCUT2D eigenvalue weighted by Crippen LogP contribution is -2.39. The van der Waals surface area contributed by atoms with Crippen molar-refractivity contribution in [3.63, 3.8) is 0 Å². The molecule has 0 aromatic heterocycles. The van der Waals surface area contributed by atoms with E-state index in [9.17, 15) is 32.3 Å². The molecule has 4 aromatic carbocycles. The number of aromatic nitrogens is 4. The molecule has 13 heteroatoms. The van der Waals surface area contributed by atoms with Crippen molar-refractivity contribution in [2.24, 2.45) is 5.92 Å². The third-order valence-corrected chi connectivity index (χ3v) is 8.79. The Kier molecular flexibility index (Phi) is 10.8. The SMILES string of the molecule is CC(C)Cn1c2nc(=O)n(Cc3ccc(NC(=O)CCC(=O)NCC(c4ccccc4)c4ccccc4)cc3)c(=O)c-2nc2cc(C(F)(F)F)ccc21. The summed E-state index contributed by atoms with van der Waals surface area (Å²) in [7, 11) is 0. The van der Waals surface area contributed by atoms with Crippen LogP contribution in [0.4, 0.5) is 18.9 Å². The van der Waals surface area contributed by atoms with Crippen LogP contribution in [-0.4, -0.2) is 37.5 Å². The Labute approximate surface area is 302 Å². The molecule has 2 heterocycles. The van der Waals surface area contributed by atoms with Gasteiger partial charge < -0.3 is 15.2 Å². The van der Waals surface area contributed by atoms with Gasteiger partial charge in [-0.2, -0.15) is 18.2 Å². The van der Waals surface area contributed by atoms with Crippen molar-refractivity contribution in [2.75, 3.05) is 11.9 Å². The first-order valence-electron chi connectivity index (χ1n) is 17.1. The van der Waals surface area contributed by atoms with Crippen molar-refractivity contribution in [1.29, 1.82) is 0 Å². The Morgan fingerprint density at radius 2 is 1.40 bits per heavy atom. The van der Waals surface area contributed by atoms with Crippen molar-refractivity contribution < 1.29 is 22.8 Å². The summed E-state index contributed by atoms with van der Waals surface area (Å²) in [5.41, 5.74) is 0.640. The molecule has 0 radical (unpaired) electrons. The van der Waals surface area contributed by atoms with Gasteiger partial charge in [-0.15, -0.1) is 0 Å². The van der Waals surface area contributed by atoms with E-state index < -0.39 is 23.0 Å². The maximum absolute atomic E-state index is 13.6. The smallest absolute Gasteiger partial charge is 0.355 e. The fourth-order valence-electron chi connectivity index (χ4n) is 6.17. The number of fused-ring (bicyclic) bond motifs is 2. The van der Waals surface area contributed by atoms with Gasteiger partial charge in [-0.1, -0.05) is 86.6 Å². The first-order chi connectivity index (χ1) is 25.4. The van der Waals surface area contributed by atoms with Crippen molar-refractivity contribution in [3.05, 3.63) is 146 Å². The monoisotopic (exact) mass is 722 g/mol. The first kappa shape index (κ1) is 36.7. The van der Waals surface area contributed by atoms with Gasteiger partial charge in [0.25, 0.3) is 5.56 Å². The molecule has 0 saturated heterocycles. The van der Waals surface area contributed by atoms with E-state index in [1.54, 1.807) is 28.8 Å². The van der Waals surface area contributed by atoms with Gasteiger partial charge in [0.05, 0.1) is 23.1 Å². The molecule has 0 fully saturated rings. The van der Waals surface area contributed by atoms with Gasteiger partial charge in [0.1, 0.15) is 0 Å². The average molecular weight is 723 g/mol. The van der Waals surface area contributed by atoms with Crippen molar-refractivity contribution in [1.82, 2.24) is 24.4 Å². The summed E-state index contributed by atoms with van der Waals surface area (Å²) in [6.07, 6.45) is -4.67. The van der Waals surface area contributed by atoms with E-state index in [2.05, 4.69) is 20.6 Å². The first-order valence-corrected chi connectivity index (χ1v) is 17.1. The number of anilines is 1. The largest absolute Gasteiger partial charge is 0.416 e. The third kappa shape index (κ3) is 8.68. The summed E-state index contributed by atoms with van der Waals surface area (Å²) in [5.74, 6) is -0.654. The fraction of sp³-hybridized carbons (Fsp3) is 0.250. The molecule has 2 N–H and O–H groups in total. The Balaban J connectivity index is 1.11. The summed E-state index contributed by atoms with van der Waals surface area (Å²) < 4.78 is 43.0. The minimum absolute atomic E-state index is 0.00356. The molecule has 4 aromatic rings. The molecule has 10 nitrogen and oxygen atoms in total. The molecule has 0 bridgehead atoms. The van der Waals surface area contributed by atoms with E-state index in [1.165, 1.54) is 6.07 Å². The molecular weight excluding hydrogens is 685 g/mol. The number of carbonyl (C=O) groups is 2. The lowest BCUT2D eigenvalue weighted by atomic mass is 9.91. The lowest BCUT2D eigenvalue weighted by Gasteiger charge is -2.20. The predicted molar refractivity (Wildman–Crippen MR) is 196 cm³/mol. The number of benzene rings is 4. The molecule has 2 aliphatic rings. The minimum Gasteiger partial charge on any atom is -0.355 e. The van der Waals surface area contributed by atoms with Crippen molar-refractivity contribution in [2.45, 2.75) is 51.9 Å². The Morgan fingerprint density at radius 1 is 0.774 bits per heavy atom. The second kappa shape index (κ2) is 15.6. The molecular formula is C40H37F3N6O4. The van der Waals surface area contributed by atoms with Crippen molar-refractivity contribution in [3.8, 4) is 11.5 Å². The molecule has 2 aliphatic heterocycles. The Morgan fingerprint density at radius 3 is 2.00 bits per heavy atom. The summed E-state index contributed by atoms with van der Waals surface area (Å²) in [6, 6.07) is 29.3. The van der Waals surface area contributed by atoms with Crippen LogP contribution in [0, 0.1) is 5.92 Å². The average Bonchev–Trinajstić information content (AvgIpc) is 3.14. The lowest BCUT2D eigenvalue weighted by molar-refractivity contribution is -0.137. The molecule has 0 aliphatic carbocycles. The highest BCUT2D eigenvalue weighted by Gasteiger charge is 2.31. The Bertz CT molecular complexity index is 2280. The van der Waals surface area contributed by atoms with Crippen LogP contribution in [0.2, 0.25) is 0 Å². The zero-order chi connectivity index (χ0) is 37.7. The summed E-state index contributed by atoms with van der Waals surface area (Å²) >= 11 is 0. The highest BCUT2D eigenvalue weighted by Crippen LogP contribution is 2.32. The molecule has 53 heavy (non-hydrogen) atoms. The zero-order valence-corrected chi connectivity index (χ0v) is 29.1. The summed E-state index contributed by atoms with van der Waals surface area (Å²) in [6.45, 7) is 4.27. The summed E-state index contributed by atoms with van der Waals surface area (Å²) in [5, 5.41) is 5.70. The Hall–Kier alpha value is -6.11. The van der Waals surface area contributed by atoms with Gasteiger partial charge in [-0.3, -0.25) is 19.0 Å². The van der Waals surface area contributed by atoms with Gasteiger partial charge in [-0.25, -0.2) is 9.78 Å². The van der Waals surface area contributed by atoms with Crippen LogP contribution in [0.15, 0.2) is 113 Å². The number of rotatable bonds is 12. The number of amides is 2. The van der Waals surface area contributed by atoms with E-state index in [-0.39, 0.29) is 66.6 Å². The number of hydrogen-bond acceptors (Lipinski definition) is 6. The van der Waals surface area contributed by atoms with Gasteiger partial charge in [0, 0.05) is 37.5 Å². The van der Waals surface area contributed by atoms with E-state index in [0.29, 0.717) is 23.3 Å². The number of nitrogens with one attached hydrogen (secondary N) is 2. The maximum Gasteiger partial charge on any atom is 0.416 e. The van der Waals surface area contributed by atoms with E-state index in [4.69, 9.17) is 0 Å². The van der Waals surface area contributed by atoms with Crippen LogP contribution < -0.4 is 21.9 Å². The van der Waals surface area contributed by atoms with Crippen LogP contribution in [0.25, 0.3) is 22.6 Å². The molecule has 6 rings (SSSR count). The van der Waals surface area contributed by atoms with Gasteiger partial charge in [0.2, 0.25) is 11.8 Å². The van der Waals surface area contributed by atoms with Crippen LogP contribution in [-0.2, 0) is 28.9 Å². The number of halogens is 3. The predicted octanol–water partition coefficient (Wildman–Crippen LogP) is 6.45. The van der Waals surface area contributed by atoms with E-state index in [0.717, 1.165) is 27.8 Å². The van der Waals surface area contributed by atoms with Gasteiger partial charge in [0.15, 0.2) is 11.5 Å². The van der Waals surface area contributed by atoms with Crippen LogP contribution >= 0.6 is 0 Å². The number of carbonyl (C=O) groups excluding carboxylic acids is 2. The van der Waals surface area contributed by atoms with Crippen molar-refractivity contribution >= 4 is 28.5 Å². The minimum atomic E-state index is -4.61. The molecule has 272 valence electrons. The normalized spacial score (nSPS) is 11.8. The molecule has 0 atom stereocenters. The van der Waals surface area contributed by atoms with E-state index >= 15 is 0 Å². The second-order valence-electron chi connectivity index (χ2n) is 13.2. The van der Waals surface area contributed by atoms with Crippen LogP contribution in [0.1, 0.15) is 54.9 Å². The number of alkyl halides is 3. The number of nitrogens with zero attached hydrogens (tertiary/aromatic N) is 4. The summed E-state index contributed by atoms with van der Waals surface area (Å²) in [4.78, 5) is 60.6. The highest BCUT2D eigenvalue weighted by molar-refractivity contribution is 5.93. The van der Waals surface area contributed by atoms with Gasteiger partial charge >= 0.3 is 11.9 Å². The van der Waals surface area contributed by atoms with Crippen LogP contribution in [0.5, 0.6) is 0 Å².